The first kappa shape index (κ1) is 18.7. The molecule has 4 nitrogen and oxygen atoms in total. The summed E-state index contributed by atoms with van der Waals surface area (Å²) in [7, 11) is 1.59. The smallest absolute Gasteiger partial charge is 0.225 e. The van der Waals surface area contributed by atoms with Crippen LogP contribution in [0.15, 0.2) is 53.7 Å². The van der Waals surface area contributed by atoms with Crippen molar-refractivity contribution in [3.05, 3.63) is 75.7 Å². The highest BCUT2D eigenvalue weighted by Crippen LogP contribution is 2.44. The van der Waals surface area contributed by atoms with Crippen LogP contribution in [-0.4, -0.2) is 18.8 Å². The van der Waals surface area contributed by atoms with Gasteiger partial charge in [0.05, 0.1) is 7.11 Å². The van der Waals surface area contributed by atoms with Crippen LogP contribution >= 0.6 is 11.6 Å². The minimum absolute atomic E-state index is 0.00898. The van der Waals surface area contributed by atoms with Gasteiger partial charge in [-0.15, -0.1) is 0 Å². The maximum atomic E-state index is 14.5. The van der Waals surface area contributed by atoms with E-state index in [0.717, 1.165) is 5.56 Å². The molecule has 1 N–H and O–H groups in total. The van der Waals surface area contributed by atoms with Gasteiger partial charge in [-0.25, -0.2) is 4.39 Å². The topological polar surface area (TPSA) is 55.4 Å². The molecule has 2 aliphatic rings. The Balaban J connectivity index is 1.75. The third-order valence-corrected chi connectivity index (χ3v) is 5.78. The highest BCUT2D eigenvalue weighted by Gasteiger charge is 2.39. The number of benzene rings is 2. The van der Waals surface area contributed by atoms with Crippen LogP contribution in [0.4, 0.5) is 4.39 Å². The van der Waals surface area contributed by atoms with E-state index in [1.165, 1.54) is 12.1 Å². The molecule has 0 aromatic heterocycles. The Labute approximate surface area is 167 Å². The number of hydrogen-bond donors (Lipinski definition) is 1. The number of allylic oxidation sites excluding steroid dienone is 2. The van der Waals surface area contributed by atoms with Gasteiger partial charge in [-0.05, 0) is 42.2 Å². The molecule has 4 rings (SSSR count). The number of carbonyl (C=O) groups is 2. The predicted molar refractivity (Wildman–Crippen MR) is 104 cm³/mol. The van der Waals surface area contributed by atoms with Crippen LogP contribution in [0.3, 0.4) is 0 Å². The maximum Gasteiger partial charge on any atom is 0.225 e. The van der Waals surface area contributed by atoms with Gasteiger partial charge < -0.3 is 10.1 Å². The van der Waals surface area contributed by atoms with Gasteiger partial charge in [-0.2, -0.15) is 0 Å². The van der Waals surface area contributed by atoms with E-state index in [-0.39, 0.29) is 34.6 Å². The summed E-state index contributed by atoms with van der Waals surface area (Å²) in [6.45, 7) is 0. The molecule has 144 valence electrons. The molecule has 1 amide bonds. The van der Waals surface area contributed by atoms with Crippen molar-refractivity contribution >= 4 is 23.3 Å². The Kier molecular flexibility index (Phi) is 4.94. The zero-order valence-electron chi connectivity index (χ0n) is 15.3. The fraction of sp³-hybridized carbons (Fsp3) is 0.273. The third-order valence-electron chi connectivity index (χ3n) is 5.45. The van der Waals surface area contributed by atoms with E-state index in [4.69, 9.17) is 16.3 Å². The molecular weight excluding hydrogens is 381 g/mol. The molecule has 28 heavy (non-hydrogen) atoms. The highest BCUT2D eigenvalue weighted by atomic mass is 35.5. The number of carbonyl (C=O) groups excluding carboxylic acids is 2. The van der Waals surface area contributed by atoms with Crippen LogP contribution in [0.25, 0.3) is 0 Å². The second-order valence-electron chi connectivity index (χ2n) is 7.14. The molecule has 2 aromatic carbocycles. The first-order valence-corrected chi connectivity index (χ1v) is 9.49. The van der Waals surface area contributed by atoms with E-state index in [0.29, 0.717) is 29.9 Å². The number of methoxy groups -OCH3 is 1. The number of rotatable bonds is 3. The lowest BCUT2D eigenvalue weighted by atomic mass is 9.73. The summed E-state index contributed by atoms with van der Waals surface area (Å²) in [5.41, 5.74) is 2.25. The normalized spacial score (nSPS) is 22.0. The van der Waals surface area contributed by atoms with Crippen molar-refractivity contribution in [3.8, 4) is 5.75 Å². The molecule has 2 atom stereocenters. The van der Waals surface area contributed by atoms with Crippen LogP contribution in [0.2, 0.25) is 5.02 Å². The van der Waals surface area contributed by atoms with Crippen molar-refractivity contribution < 1.29 is 18.7 Å². The molecule has 0 bridgehead atoms. The van der Waals surface area contributed by atoms with Crippen LogP contribution < -0.4 is 10.1 Å². The summed E-state index contributed by atoms with van der Waals surface area (Å²) in [6.07, 6.45) is 0.808. The molecule has 2 unspecified atom stereocenters. The number of ketones is 1. The quantitative estimate of drug-likeness (QED) is 0.827. The molecule has 0 radical (unpaired) electrons. The van der Waals surface area contributed by atoms with Crippen LogP contribution in [0, 0.1) is 5.82 Å². The van der Waals surface area contributed by atoms with Gasteiger partial charge in [0, 0.05) is 40.6 Å². The van der Waals surface area contributed by atoms with Crippen molar-refractivity contribution in [1.29, 1.82) is 0 Å². The summed E-state index contributed by atoms with van der Waals surface area (Å²) >= 11 is 6.23. The predicted octanol–water partition coefficient (Wildman–Crippen LogP) is 4.49. The van der Waals surface area contributed by atoms with Crippen molar-refractivity contribution in [1.82, 2.24) is 5.32 Å². The van der Waals surface area contributed by atoms with Gasteiger partial charge in [0.2, 0.25) is 5.91 Å². The van der Waals surface area contributed by atoms with Crippen LogP contribution in [0.5, 0.6) is 5.75 Å². The van der Waals surface area contributed by atoms with E-state index >= 15 is 0 Å². The lowest BCUT2D eigenvalue weighted by molar-refractivity contribution is -0.122. The van der Waals surface area contributed by atoms with E-state index in [2.05, 4.69) is 5.32 Å². The van der Waals surface area contributed by atoms with Gasteiger partial charge in [-0.1, -0.05) is 29.8 Å². The molecule has 1 heterocycles. The minimum Gasteiger partial charge on any atom is -0.497 e. The first-order valence-electron chi connectivity index (χ1n) is 9.12. The van der Waals surface area contributed by atoms with E-state index in [9.17, 15) is 14.0 Å². The average Bonchev–Trinajstić information content (AvgIpc) is 2.67. The van der Waals surface area contributed by atoms with Gasteiger partial charge in [0.15, 0.2) is 5.78 Å². The van der Waals surface area contributed by atoms with Crippen LogP contribution in [0.1, 0.15) is 42.2 Å². The van der Waals surface area contributed by atoms with E-state index in [1.807, 2.05) is 24.3 Å². The van der Waals surface area contributed by atoms with Crippen molar-refractivity contribution in [3.63, 3.8) is 0 Å². The Morgan fingerprint density at radius 1 is 1.11 bits per heavy atom. The number of nitrogens with one attached hydrogen (secondary N) is 1. The average molecular weight is 400 g/mol. The van der Waals surface area contributed by atoms with E-state index in [1.54, 1.807) is 13.2 Å². The molecule has 0 saturated heterocycles. The van der Waals surface area contributed by atoms with Gasteiger partial charge >= 0.3 is 0 Å². The van der Waals surface area contributed by atoms with E-state index < -0.39 is 11.7 Å². The number of Topliss-reactive ketones (excluding diaryl/α,β-unsaturated/α-hetero) is 1. The molecule has 0 saturated carbocycles. The Morgan fingerprint density at radius 2 is 1.89 bits per heavy atom. The molecule has 1 aliphatic heterocycles. The zero-order valence-corrected chi connectivity index (χ0v) is 16.1. The summed E-state index contributed by atoms with van der Waals surface area (Å²) in [5, 5.41) is 3.07. The molecule has 2 aromatic rings. The maximum absolute atomic E-state index is 14.5. The number of amides is 1. The number of halogens is 2. The number of hydrogen-bond acceptors (Lipinski definition) is 3. The second-order valence-corrected chi connectivity index (χ2v) is 7.54. The standard InChI is InChI=1S/C22H19ClFNO3/c1-28-14-5-2-4-12(8-14)13-9-18-22(19(26)10-13)15(11-20(27)25-18)21-16(23)6-3-7-17(21)24/h2-8,13,15H,9-11H2,1H3,(H,25,27). The lowest BCUT2D eigenvalue weighted by Crippen LogP contribution is -2.38. The fourth-order valence-corrected chi connectivity index (χ4v) is 4.48. The summed E-state index contributed by atoms with van der Waals surface area (Å²) in [5.74, 6) is -0.830. The Hall–Kier alpha value is -2.66. The van der Waals surface area contributed by atoms with Gasteiger partial charge in [-0.3, -0.25) is 9.59 Å². The first-order chi connectivity index (χ1) is 13.5. The molecule has 0 spiro atoms. The Morgan fingerprint density at radius 3 is 2.64 bits per heavy atom. The molecule has 1 aliphatic carbocycles. The SMILES string of the molecule is COc1cccc(C2CC(=O)C3=C(C2)NC(=O)CC3c2c(F)cccc2Cl)c1. The lowest BCUT2D eigenvalue weighted by Gasteiger charge is -2.35. The summed E-state index contributed by atoms with van der Waals surface area (Å²) in [6, 6.07) is 12.0. The minimum atomic E-state index is -0.656. The number of ether oxygens (including phenoxy) is 1. The largest absolute Gasteiger partial charge is 0.497 e. The molecule has 6 heteroatoms. The van der Waals surface area contributed by atoms with Gasteiger partial charge in [0.1, 0.15) is 11.6 Å². The zero-order chi connectivity index (χ0) is 19.8. The Bertz CT molecular complexity index is 981. The van der Waals surface area contributed by atoms with Crippen LogP contribution in [-0.2, 0) is 9.59 Å². The van der Waals surface area contributed by atoms with Crippen molar-refractivity contribution in [2.75, 3.05) is 7.11 Å². The molecular formula is C22H19ClFNO3. The summed E-state index contributed by atoms with van der Waals surface area (Å²) < 4.78 is 19.8. The highest BCUT2D eigenvalue weighted by molar-refractivity contribution is 6.31. The molecule has 0 fully saturated rings. The monoisotopic (exact) mass is 399 g/mol. The fourth-order valence-electron chi connectivity index (χ4n) is 4.18. The van der Waals surface area contributed by atoms with Crippen molar-refractivity contribution in [2.45, 2.75) is 31.1 Å². The third kappa shape index (κ3) is 3.31. The van der Waals surface area contributed by atoms with Gasteiger partial charge in [0.25, 0.3) is 0 Å². The van der Waals surface area contributed by atoms with Crippen molar-refractivity contribution in [2.24, 2.45) is 0 Å². The second kappa shape index (κ2) is 7.40. The summed E-state index contributed by atoms with van der Waals surface area (Å²) in [4.78, 5) is 25.4.